The minimum Gasteiger partial charge on any atom is -0.221 e. The largest absolute Gasteiger partial charge is 0.221 e. The maximum absolute atomic E-state index is 13.1. The Morgan fingerprint density at radius 2 is 2.23 bits per heavy atom. The summed E-state index contributed by atoms with van der Waals surface area (Å²) in [4.78, 5) is 0. The third-order valence-electron chi connectivity index (χ3n) is 1.59. The fourth-order valence-corrected chi connectivity index (χ4v) is 1.22. The summed E-state index contributed by atoms with van der Waals surface area (Å²) in [6.45, 7) is 0. The van der Waals surface area contributed by atoms with E-state index in [-0.39, 0.29) is 5.82 Å². The molecule has 0 radical (unpaired) electrons. The van der Waals surface area contributed by atoms with Crippen LogP contribution >= 0.6 is 15.9 Å². The number of rotatable bonds is 1. The molecule has 2 aromatic rings. The molecule has 1 heterocycles. The highest BCUT2D eigenvalue weighted by Crippen LogP contribution is 2.17. The molecule has 0 aliphatic carbocycles. The van der Waals surface area contributed by atoms with E-state index in [1.807, 2.05) is 0 Å². The molecule has 0 fully saturated rings. The molecule has 0 N–H and O–H groups in total. The van der Waals surface area contributed by atoms with Gasteiger partial charge in [-0.15, -0.1) is 5.10 Å². The van der Waals surface area contributed by atoms with Crippen LogP contribution in [0.25, 0.3) is 5.69 Å². The van der Waals surface area contributed by atoms with Crippen molar-refractivity contribution in [3.8, 4) is 5.69 Å². The van der Waals surface area contributed by atoms with Crippen molar-refractivity contribution in [2.75, 3.05) is 0 Å². The maximum Gasteiger partial charge on any atom is 0.139 e. The van der Waals surface area contributed by atoms with Crippen LogP contribution < -0.4 is 0 Å². The van der Waals surface area contributed by atoms with Crippen LogP contribution in [0.2, 0.25) is 0 Å². The summed E-state index contributed by atoms with van der Waals surface area (Å²) in [5, 5.41) is 7.37. The Labute approximate surface area is 82.3 Å². The molecule has 3 nitrogen and oxygen atoms in total. The van der Waals surface area contributed by atoms with Crippen molar-refractivity contribution < 1.29 is 4.39 Å². The standard InChI is InChI=1S/C8H5BrFN3/c9-7-2-1-6(5-8(7)10)13-4-3-11-12-13/h1-5H. The third-order valence-corrected chi connectivity index (χ3v) is 2.23. The van der Waals surface area contributed by atoms with Crippen molar-refractivity contribution in [2.24, 2.45) is 0 Å². The smallest absolute Gasteiger partial charge is 0.139 e. The lowest BCUT2D eigenvalue weighted by molar-refractivity contribution is 0.618. The van der Waals surface area contributed by atoms with Gasteiger partial charge in [0.2, 0.25) is 0 Å². The first-order valence-corrected chi connectivity index (χ1v) is 4.38. The zero-order chi connectivity index (χ0) is 9.26. The topological polar surface area (TPSA) is 30.7 Å². The molecule has 0 atom stereocenters. The lowest BCUT2D eigenvalue weighted by atomic mass is 10.3. The molecule has 0 saturated heterocycles. The monoisotopic (exact) mass is 241 g/mol. The number of hydrogen-bond acceptors (Lipinski definition) is 2. The van der Waals surface area contributed by atoms with E-state index in [4.69, 9.17) is 0 Å². The molecule has 0 bridgehead atoms. The van der Waals surface area contributed by atoms with Crippen LogP contribution in [0.3, 0.4) is 0 Å². The van der Waals surface area contributed by atoms with E-state index < -0.39 is 0 Å². The Bertz CT molecular complexity index is 413. The number of benzene rings is 1. The Kier molecular flexibility index (Phi) is 2.10. The molecule has 5 heteroatoms. The predicted octanol–water partition coefficient (Wildman–Crippen LogP) is 2.17. The van der Waals surface area contributed by atoms with Crippen molar-refractivity contribution in [1.82, 2.24) is 15.0 Å². The normalized spacial score (nSPS) is 10.3. The van der Waals surface area contributed by atoms with Crippen molar-refractivity contribution in [3.63, 3.8) is 0 Å². The van der Waals surface area contributed by atoms with Crippen molar-refractivity contribution in [2.45, 2.75) is 0 Å². The van der Waals surface area contributed by atoms with Gasteiger partial charge < -0.3 is 0 Å². The Morgan fingerprint density at radius 1 is 1.38 bits per heavy atom. The Morgan fingerprint density at radius 3 is 2.85 bits per heavy atom. The zero-order valence-corrected chi connectivity index (χ0v) is 8.07. The molecule has 0 aliphatic rings. The van der Waals surface area contributed by atoms with Crippen molar-refractivity contribution >= 4 is 15.9 Å². The lowest BCUT2D eigenvalue weighted by Crippen LogP contribution is -1.95. The Hall–Kier alpha value is -1.23. The highest BCUT2D eigenvalue weighted by molar-refractivity contribution is 9.10. The second-order valence-corrected chi connectivity index (χ2v) is 3.30. The van der Waals surface area contributed by atoms with Crippen LogP contribution in [0.15, 0.2) is 35.1 Å². The summed E-state index contributed by atoms with van der Waals surface area (Å²) in [5.74, 6) is -0.312. The zero-order valence-electron chi connectivity index (χ0n) is 6.48. The van der Waals surface area contributed by atoms with Crippen LogP contribution in [-0.2, 0) is 0 Å². The van der Waals surface area contributed by atoms with Gasteiger partial charge in [0.05, 0.1) is 22.6 Å². The summed E-state index contributed by atoms with van der Waals surface area (Å²) in [6.07, 6.45) is 3.20. The second-order valence-electron chi connectivity index (χ2n) is 2.45. The van der Waals surface area contributed by atoms with Crippen molar-refractivity contribution in [1.29, 1.82) is 0 Å². The van der Waals surface area contributed by atoms with Gasteiger partial charge in [0.1, 0.15) is 5.82 Å². The minimum atomic E-state index is -0.312. The predicted molar refractivity (Wildman–Crippen MR) is 49.0 cm³/mol. The number of aromatic nitrogens is 3. The van der Waals surface area contributed by atoms with Gasteiger partial charge in [-0.3, -0.25) is 0 Å². The van der Waals surface area contributed by atoms with Gasteiger partial charge in [-0.25, -0.2) is 9.07 Å². The summed E-state index contributed by atoms with van der Waals surface area (Å²) < 4.78 is 15.0. The van der Waals surface area contributed by atoms with Gasteiger partial charge >= 0.3 is 0 Å². The SMILES string of the molecule is Fc1cc(-n2ccnn2)ccc1Br. The molecule has 2 rings (SSSR count). The first kappa shape index (κ1) is 8.37. The van der Waals surface area contributed by atoms with Gasteiger partial charge in [-0.05, 0) is 28.1 Å². The molecule has 66 valence electrons. The molecule has 0 amide bonds. The van der Waals surface area contributed by atoms with Crippen LogP contribution in [0.5, 0.6) is 0 Å². The molecule has 0 spiro atoms. The van der Waals surface area contributed by atoms with Crippen LogP contribution in [0.1, 0.15) is 0 Å². The van der Waals surface area contributed by atoms with Crippen molar-refractivity contribution in [3.05, 3.63) is 40.9 Å². The molecule has 0 saturated carbocycles. The summed E-state index contributed by atoms with van der Waals surface area (Å²) in [7, 11) is 0. The minimum absolute atomic E-state index is 0.312. The average Bonchev–Trinajstić information content (AvgIpc) is 2.62. The fraction of sp³-hybridized carbons (Fsp3) is 0. The van der Waals surface area contributed by atoms with E-state index in [9.17, 15) is 4.39 Å². The van der Waals surface area contributed by atoms with E-state index in [0.717, 1.165) is 0 Å². The van der Waals surface area contributed by atoms with E-state index in [1.54, 1.807) is 24.5 Å². The maximum atomic E-state index is 13.1. The van der Waals surface area contributed by atoms with Gasteiger partial charge in [-0.2, -0.15) is 0 Å². The quantitative estimate of drug-likeness (QED) is 0.767. The van der Waals surface area contributed by atoms with E-state index in [0.29, 0.717) is 10.2 Å². The fourth-order valence-electron chi connectivity index (χ4n) is 0.973. The molecule has 13 heavy (non-hydrogen) atoms. The summed E-state index contributed by atoms with van der Waals surface area (Å²) in [6, 6.07) is 4.77. The number of nitrogens with zero attached hydrogens (tertiary/aromatic N) is 3. The van der Waals surface area contributed by atoms with Gasteiger partial charge in [0.25, 0.3) is 0 Å². The summed E-state index contributed by atoms with van der Waals surface area (Å²) >= 11 is 3.07. The summed E-state index contributed by atoms with van der Waals surface area (Å²) in [5.41, 5.74) is 0.651. The van der Waals surface area contributed by atoms with Crippen LogP contribution in [-0.4, -0.2) is 15.0 Å². The average molecular weight is 242 g/mol. The van der Waals surface area contributed by atoms with Gasteiger partial charge in [-0.1, -0.05) is 5.21 Å². The molecular formula is C8H5BrFN3. The van der Waals surface area contributed by atoms with E-state index >= 15 is 0 Å². The first-order valence-electron chi connectivity index (χ1n) is 3.59. The lowest BCUT2D eigenvalue weighted by Gasteiger charge is -2.00. The van der Waals surface area contributed by atoms with Gasteiger partial charge in [0, 0.05) is 6.07 Å². The molecule has 1 aromatic carbocycles. The Balaban J connectivity index is 2.49. The highest BCUT2D eigenvalue weighted by atomic mass is 79.9. The first-order chi connectivity index (χ1) is 6.27. The molecular weight excluding hydrogens is 237 g/mol. The van der Waals surface area contributed by atoms with E-state index in [2.05, 4.69) is 26.2 Å². The highest BCUT2D eigenvalue weighted by Gasteiger charge is 2.01. The number of halogens is 2. The molecule has 1 aromatic heterocycles. The van der Waals surface area contributed by atoms with Gasteiger partial charge in [0.15, 0.2) is 0 Å². The van der Waals surface area contributed by atoms with Crippen LogP contribution in [0.4, 0.5) is 4.39 Å². The molecule has 0 unspecified atom stereocenters. The number of hydrogen-bond donors (Lipinski definition) is 0. The molecule has 0 aliphatic heterocycles. The van der Waals surface area contributed by atoms with E-state index in [1.165, 1.54) is 10.7 Å². The second kappa shape index (κ2) is 3.26. The van der Waals surface area contributed by atoms with Crippen LogP contribution in [0, 0.1) is 5.82 Å². The third kappa shape index (κ3) is 1.60.